The van der Waals surface area contributed by atoms with Crippen molar-refractivity contribution in [2.75, 3.05) is 13.2 Å². The van der Waals surface area contributed by atoms with Crippen LogP contribution in [0.5, 0.6) is 0 Å². The van der Waals surface area contributed by atoms with Gasteiger partial charge in [0.15, 0.2) is 0 Å². The summed E-state index contributed by atoms with van der Waals surface area (Å²) in [6, 6.07) is -0.552. The number of rotatable bonds is 53. The number of amides is 1. The molecular formula is C57H111NO5. The summed E-state index contributed by atoms with van der Waals surface area (Å²) in [4.78, 5) is 24.5. The van der Waals surface area contributed by atoms with Crippen molar-refractivity contribution in [3.63, 3.8) is 0 Å². The van der Waals surface area contributed by atoms with Gasteiger partial charge in [-0.3, -0.25) is 9.59 Å². The van der Waals surface area contributed by atoms with E-state index in [1.54, 1.807) is 0 Å². The van der Waals surface area contributed by atoms with Gasteiger partial charge in [0.1, 0.15) is 0 Å². The van der Waals surface area contributed by atoms with E-state index in [2.05, 4.69) is 31.3 Å². The fourth-order valence-electron chi connectivity index (χ4n) is 8.93. The lowest BCUT2D eigenvalue weighted by atomic mass is 10.0. The highest BCUT2D eigenvalue weighted by atomic mass is 16.5. The summed E-state index contributed by atoms with van der Waals surface area (Å²) in [6.07, 6.45) is 61.9. The van der Waals surface area contributed by atoms with Gasteiger partial charge in [-0.1, -0.05) is 264 Å². The Hall–Kier alpha value is -1.40. The molecule has 0 fully saturated rings. The minimum absolute atomic E-state index is 0.00607. The van der Waals surface area contributed by atoms with Gasteiger partial charge < -0.3 is 20.3 Å². The van der Waals surface area contributed by atoms with Crippen LogP contribution >= 0.6 is 0 Å². The van der Waals surface area contributed by atoms with Gasteiger partial charge >= 0.3 is 5.97 Å². The zero-order valence-corrected chi connectivity index (χ0v) is 42.6. The number of carbonyl (C=O) groups excluding carboxylic acids is 2. The molecule has 0 aliphatic heterocycles. The van der Waals surface area contributed by atoms with Gasteiger partial charge in [0.05, 0.1) is 25.4 Å². The normalized spacial score (nSPS) is 12.6. The fourth-order valence-corrected chi connectivity index (χ4v) is 8.93. The van der Waals surface area contributed by atoms with Crippen molar-refractivity contribution in [2.24, 2.45) is 0 Å². The number of hydrogen-bond acceptors (Lipinski definition) is 5. The molecule has 0 saturated carbocycles. The standard InChI is InChI=1S/C57H111NO5/c1-3-5-7-9-11-13-15-17-19-23-27-31-35-39-43-47-51-57(62)63-52-48-44-40-36-32-28-24-20-22-26-30-34-38-42-46-50-56(61)58-54(53-59)55(60)49-45-41-37-33-29-25-21-18-16-14-12-10-8-6-4-2/h24,28,54-55,59-60H,3-23,25-27,29-53H2,1-2H3,(H,58,61)/b28-24-. The summed E-state index contributed by atoms with van der Waals surface area (Å²) in [5.41, 5.74) is 0. The number of aliphatic hydroxyl groups excluding tert-OH is 2. The molecule has 0 aliphatic carbocycles. The smallest absolute Gasteiger partial charge is 0.305 e. The lowest BCUT2D eigenvalue weighted by molar-refractivity contribution is -0.143. The van der Waals surface area contributed by atoms with Crippen LogP contribution in [-0.2, 0) is 14.3 Å². The number of carbonyl (C=O) groups is 2. The van der Waals surface area contributed by atoms with Gasteiger partial charge in [0, 0.05) is 12.8 Å². The van der Waals surface area contributed by atoms with Crippen LogP contribution in [0.2, 0.25) is 0 Å². The Morgan fingerprint density at radius 2 is 0.746 bits per heavy atom. The molecule has 0 radical (unpaired) electrons. The van der Waals surface area contributed by atoms with E-state index in [1.807, 2.05) is 0 Å². The summed E-state index contributed by atoms with van der Waals surface area (Å²) in [5.74, 6) is -0.0543. The summed E-state index contributed by atoms with van der Waals surface area (Å²) in [6.45, 7) is 4.94. The third kappa shape index (κ3) is 49.9. The van der Waals surface area contributed by atoms with Crippen molar-refractivity contribution >= 4 is 11.9 Å². The van der Waals surface area contributed by atoms with Crippen LogP contribution in [0.15, 0.2) is 12.2 Å². The maximum absolute atomic E-state index is 12.5. The van der Waals surface area contributed by atoms with E-state index in [-0.39, 0.29) is 18.5 Å². The van der Waals surface area contributed by atoms with E-state index < -0.39 is 12.1 Å². The summed E-state index contributed by atoms with van der Waals surface area (Å²) < 4.78 is 5.47. The van der Waals surface area contributed by atoms with Crippen molar-refractivity contribution in [3.8, 4) is 0 Å². The minimum atomic E-state index is -0.673. The monoisotopic (exact) mass is 890 g/mol. The topological polar surface area (TPSA) is 95.9 Å². The number of aliphatic hydroxyl groups is 2. The first-order valence-electron chi connectivity index (χ1n) is 28.4. The molecule has 2 atom stereocenters. The lowest BCUT2D eigenvalue weighted by Gasteiger charge is -2.22. The molecule has 0 heterocycles. The first-order chi connectivity index (χ1) is 31.0. The minimum Gasteiger partial charge on any atom is -0.466 e. The first kappa shape index (κ1) is 61.6. The third-order valence-electron chi connectivity index (χ3n) is 13.3. The number of hydrogen-bond donors (Lipinski definition) is 3. The average Bonchev–Trinajstić information content (AvgIpc) is 3.28. The van der Waals surface area contributed by atoms with Crippen LogP contribution in [0, 0.1) is 0 Å². The Kier molecular flexibility index (Phi) is 52.0. The predicted octanol–water partition coefficient (Wildman–Crippen LogP) is 17.3. The summed E-state index contributed by atoms with van der Waals surface area (Å²) in [5, 5.41) is 23.2. The Labute approximate surface area is 393 Å². The zero-order valence-electron chi connectivity index (χ0n) is 42.6. The maximum atomic E-state index is 12.5. The molecule has 3 N–H and O–H groups in total. The molecule has 2 unspecified atom stereocenters. The average molecular weight is 891 g/mol. The molecule has 63 heavy (non-hydrogen) atoms. The lowest BCUT2D eigenvalue weighted by Crippen LogP contribution is -2.45. The summed E-state index contributed by atoms with van der Waals surface area (Å²) in [7, 11) is 0. The van der Waals surface area contributed by atoms with Gasteiger partial charge in [-0.15, -0.1) is 0 Å². The highest BCUT2D eigenvalue weighted by Gasteiger charge is 2.20. The van der Waals surface area contributed by atoms with E-state index in [4.69, 9.17) is 4.74 Å². The van der Waals surface area contributed by atoms with Crippen molar-refractivity contribution < 1.29 is 24.5 Å². The first-order valence-corrected chi connectivity index (χ1v) is 28.4. The molecule has 0 spiro atoms. The van der Waals surface area contributed by atoms with Gasteiger partial charge in [-0.25, -0.2) is 0 Å². The SMILES string of the molecule is CCCCCCCCCCCCCCCCCCC(=O)OCCCCCC/C=C\CCCCCCCCCC(=O)NC(CO)C(O)CCCCCCCCCCCCCCCCC. The zero-order chi connectivity index (χ0) is 45.8. The number of nitrogens with one attached hydrogen (secondary N) is 1. The van der Waals surface area contributed by atoms with Gasteiger partial charge in [0.25, 0.3) is 0 Å². The predicted molar refractivity (Wildman–Crippen MR) is 273 cm³/mol. The Morgan fingerprint density at radius 1 is 0.429 bits per heavy atom. The molecule has 0 aromatic heterocycles. The number of esters is 1. The molecule has 0 saturated heterocycles. The van der Waals surface area contributed by atoms with E-state index in [0.717, 1.165) is 70.6 Å². The second-order valence-electron chi connectivity index (χ2n) is 19.6. The van der Waals surface area contributed by atoms with Gasteiger partial charge in [-0.2, -0.15) is 0 Å². The molecule has 0 aliphatic rings. The molecule has 374 valence electrons. The van der Waals surface area contributed by atoms with E-state index in [1.165, 1.54) is 212 Å². The number of unbranched alkanes of at least 4 members (excludes halogenated alkanes) is 40. The molecule has 0 aromatic carbocycles. The van der Waals surface area contributed by atoms with Crippen LogP contribution in [0.1, 0.15) is 316 Å². The van der Waals surface area contributed by atoms with E-state index in [9.17, 15) is 19.8 Å². The second-order valence-corrected chi connectivity index (χ2v) is 19.6. The molecule has 0 aromatic rings. The third-order valence-corrected chi connectivity index (χ3v) is 13.3. The fraction of sp³-hybridized carbons (Fsp3) is 0.930. The maximum Gasteiger partial charge on any atom is 0.305 e. The molecule has 0 bridgehead atoms. The molecule has 6 heteroatoms. The van der Waals surface area contributed by atoms with Crippen molar-refractivity contribution in [1.29, 1.82) is 0 Å². The largest absolute Gasteiger partial charge is 0.466 e. The molecular weight excluding hydrogens is 779 g/mol. The van der Waals surface area contributed by atoms with Crippen LogP contribution in [0.4, 0.5) is 0 Å². The number of ether oxygens (including phenoxy) is 1. The van der Waals surface area contributed by atoms with Crippen LogP contribution in [0.3, 0.4) is 0 Å². The van der Waals surface area contributed by atoms with Crippen LogP contribution in [0.25, 0.3) is 0 Å². The van der Waals surface area contributed by atoms with E-state index in [0.29, 0.717) is 25.9 Å². The van der Waals surface area contributed by atoms with Crippen LogP contribution in [-0.4, -0.2) is 47.4 Å². The second kappa shape index (κ2) is 53.2. The molecule has 1 amide bonds. The van der Waals surface area contributed by atoms with Gasteiger partial charge in [-0.05, 0) is 51.4 Å². The Morgan fingerprint density at radius 3 is 1.13 bits per heavy atom. The highest BCUT2D eigenvalue weighted by molar-refractivity contribution is 5.76. The highest BCUT2D eigenvalue weighted by Crippen LogP contribution is 2.17. The van der Waals surface area contributed by atoms with Crippen LogP contribution < -0.4 is 5.32 Å². The van der Waals surface area contributed by atoms with Crippen molar-refractivity contribution in [3.05, 3.63) is 12.2 Å². The quantitative estimate of drug-likeness (QED) is 0.0321. The van der Waals surface area contributed by atoms with Gasteiger partial charge in [0.2, 0.25) is 5.91 Å². The van der Waals surface area contributed by atoms with Crippen molar-refractivity contribution in [2.45, 2.75) is 328 Å². The van der Waals surface area contributed by atoms with Crippen molar-refractivity contribution in [1.82, 2.24) is 5.32 Å². The Balaban J connectivity index is 3.45. The summed E-state index contributed by atoms with van der Waals surface area (Å²) >= 11 is 0. The molecule has 0 rings (SSSR count). The Bertz CT molecular complexity index is 939. The van der Waals surface area contributed by atoms with E-state index >= 15 is 0 Å². The number of allylic oxidation sites excluding steroid dienone is 2. The molecule has 6 nitrogen and oxygen atoms in total.